The smallest absolute Gasteiger partial charge is 0.457 e. The minimum absolute atomic E-state index is 0.480. The third-order valence-electron chi connectivity index (χ3n) is 12.8. The number of ether oxygens (including phenoxy) is 1. The summed E-state index contributed by atoms with van der Waals surface area (Å²) in [6.45, 7) is 8.49. The summed E-state index contributed by atoms with van der Waals surface area (Å²) >= 11 is 0. The number of para-hydroxylation sites is 3. The van der Waals surface area contributed by atoms with Crippen LogP contribution in [0.15, 0.2) is 146 Å². The molecule has 6 aromatic carbocycles. The fraction of sp³-hybridized carbons (Fsp3) is 0.180. The molecule has 4 aliphatic rings. The fourth-order valence-electron chi connectivity index (χ4n) is 9.42. The summed E-state index contributed by atoms with van der Waals surface area (Å²) in [5, 5.41) is 0. The van der Waals surface area contributed by atoms with E-state index in [9.17, 15) is 0 Å². The van der Waals surface area contributed by atoms with Crippen LogP contribution in [0.5, 0.6) is 11.5 Å². The average molecular weight is 729 g/mol. The second-order valence-corrected chi connectivity index (χ2v) is 16.4. The van der Waals surface area contributed by atoms with E-state index in [0.29, 0.717) is 0 Å². The van der Waals surface area contributed by atoms with Gasteiger partial charge in [0.25, 0.3) is 0 Å². The van der Waals surface area contributed by atoms with Gasteiger partial charge in [-0.1, -0.05) is 115 Å². The minimum atomic E-state index is -0.597. The predicted molar refractivity (Wildman–Crippen MR) is 225 cm³/mol. The van der Waals surface area contributed by atoms with Crippen molar-refractivity contribution in [3.8, 4) is 50.8 Å². The van der Waals surface area contributed by atoms with Crippen molar-refractivity contribution in [3.05, 3.63) is 179 Å². The zero-order chi connectivity index (χ0) is 37.8. The molecule has 0 amide bonds. The van der Waals surface area contributed by atoms with Crippen molar-refractivity contribution in [2.24, 2.45) is 0 Å². The molecule has 0 bridgehead atoms. The van der Waals surface area contributed by atoms with E-state index in [2.05, 4.69) is 184 Å². The molecule has 0 radical (unpaired) electrons. The number of fused-ring (bicyclic) bond motifs is 10. The lowest BCUT2D eigenvalue weighted by Crippen LogP contribution is -2.41. The van der Waals surface area contributed by atoms with E-state index >= 15 is 0 Å². The molecular weight excluding hydrogens is 687 g/mol. The molecule has 2 aliphatic carbocycles. The molecule has 0 saturated carbocycles. The monoisotopic (exact) mass is 728 g/mol. The molecule has 1 saturated heterocycles. The Kier molecular flexibility index (Phi) is 7.17. The maximum Gasteiger partial charge on any atom is 0.495 e. The van der Waals surface area contributed by atoms with Crippen molar-refractivity contribution in [2.75, 3.05) is 0 Å². The topological polar surface area (TPSA) is 45.5 Å². The molecule has 0 atom stereocenters. The van der Waals surface area contributed by atoms with Crippen LogP contribution in [-0.2, 0) is 21.1 Å². The van der Waals surface area contributed by atoms with Gasteiger partial charge in [0.2, 0.25) is 0 Å². The molecule has 1 fully saturated rings. The van der Waals surface area contributed by atoms with Crippen LogP contribution < -0.4 is 10.2 Å². The highest BCUT2D eigenvalue weighted by atomic mass is 16.7. The lowest BCUT2D eigenvalue weighted by molar-refractivity contribution is 0.00578. The highest BCUT2D eigenvalue weighted by Crippen LogP contribution is 2.62. The van der Waals surface area contributed by atoms with E-state index in [-0.39, 0.29) is 0 Å². The number of hydrogen-bond acceptors (Lipinski definition) is 4. The quantitative estimate of drug-likeness (QED) is 0.169. The van der Waals surface area contributed by atoms with Crippen molar-refractivity contribution in [1.29, 1.82) is 0 Å². The van der Waals surface area contributed by atoms with E-state index in [1.165, 1.54) is 22.4 Å². The highest BCUT2D eigenvalue weighted by Gasteiger charge is 2.56. The van der Waals surface area contributed by atoms with Gasteiger partial charge in [-0.25, -0.2) is 4.98 Å². The first kappa shape index (κ1) is 33.4. The minimum Gasteiger partial charge on any atom is -0.457 e. The maximum atomic E-state index is 6.79. The number of rotatable bonds is 4. The second-order valence-electron chi connectivity index (χ2n) is 16.4. The molecule has 1 spiro atoms. The molecule has 1 aromatic heterocycles. The Hall–Kier alpha value is -5.95. The second kappa shape index (κ2) is 12.0. The molecule has 3 heterocycles. The predicted octanol–water partition coefficient (Wildman–Crippen LogP) is 10.9. The molecule has 56 heavy (non-hydrogen) atoms. The van der Waals surface area contributed by atoms with E-state index in [4.69, 9.17) is 19.0 Å². The Balaban J connectivity index is 1.10. The van der Waals surface area contributed by atoms with Gasteiger partial charge < -0.3 is 14.0 Å². The number of aromatic nitrogens is 2. The Morgan fingerprint density at radius 2 is 1.23 bits per heavy atom. The summed E-state index contributed by atoms with van der Waals surface area (Å²) < 4.78 is 22.5. The lowest BCUT2D eigenvalue weighted by atomic mass is 9.65. The first-order valence-electron chi connectivity index (χ1n) is 19.7. The number of imidazole rings is 1. The van der Waals surface area contributed by atoms with Crippen LogP contribution in [0.25, 0.3) is 45.4 Å². The van der Waals surface area contributed by atoms with Crippen LogP contribution in [0, 0.1) is 0 Å². The molecule has 0 unspecified atom stereocenters. The number of nitrogens with zero attached hydrogens (tertiary/aromatic N) is 2. The summed E-state index contributed by atoms with van der Waals surface area (Å²) in [4.78, 5) is 5.20. The highest BCUT2D eigenvalue weighted by molar-refractivity contribution is 6.64. The summed E-state index contributed by atoms with van der Waals surface area (Å²) in [5.74, 6) is 2.71. The van der Waals surface area contributed by atoms with Gasteiger partial charge in [0.1, 0.15) is 17.3 Å². The largest absolute Gasteiger partial charge is 0.495 e. The number of aryl methyl sites for hydroxylation is 1. The van der Waals surface area contributed by atoms with Gasteiger partial charge in [0.15, 0.2) is 0 Å². The molecule has 7 aromatic rings. The first-order chi connectivity index (χ1) is 27.2. The van der Waals surface area contributed by atoms with E-state index in [1.807, 2.05) is 0 Å². The summed E-state index contributed by atoms with van der Waals surface area (Å²) in [6, 6.07) is 50.1. The van der Waals surface area contributed by atoms with E-state index < -0.39 is 23.7 Å². The van der Waals surface area contributed by atoms with Gasteiger partial charge in [0, 0.05) is 22.4 Å². The van der Waals surface area contributed by atoms with E-state index in [1.54, 1.807) is 0 Å². The van der Waals surface area contributed by atoms with Crippen molar-refractivity contribution in [2.45, 2.75) is 57.2 Å². The van der Waals surface area contributed by atoms with Crippen LogP contribution >= 0.6 is 0 Å². The zero-order valence-corrected chi connectivity index (χ0v) is 32.0. The molecule has 2 aliphatic heterocycles. The van der Waals surface area contributed by atoms with Gasteiger partial charge >= 0.3 is 7.12 Å². The maximum absolute atomic E-state index is 6.79. The molecule has 6 heteroatoms. The zero-order valence-electron chi connectivity index (χ0n) is 32.0. The SMILES string of the molecule is CC1(C)OB(c2cccc3c2-c2cc(-c4ccc(-c5nc6c(n5-c5ccccc5)C=CCC6)cc4)ccc2C32c3ccccc3Oc3ccccc32)OC1(C)C. The summed E-state index contributed by atoms with van der Waals surface area (Å²) in [7, 11) is -0.528. The Morgan fingerprint density at radius 3 is 1.95 bits per heavy atom. The standard InChI is InChI=1S/C50H41BN2O3/c1-48(2)49(3,4)56-51(55-48)41-20-14-19-40-46(41)36-31-34(29-30-37(36)50(40)38-17-8-12-23-44(38)54-45-24-13-9-18-39(45)50)32-25-27-33(28-26-32)47-52-42-21-10-11-22-43(42)53(47)35-15-6-5-7-16-35/h5-9,11-20,22-31H,10,21H2,1-4H3. The Bertz CT molecular complexity index is 2680. The third kappa shape index (κ3) is 4.66. The number of hydrogen-bond donors (Lipinski definition) is 0. The number of benzene rings is 6. The van der Waals surface area contributed by atoms with Gasteiger partial charge in [0.05, 0.1) is 28.0 Å². The van der Waals surface area contributed by atoms with Crippen molar-refractivity contribution >= 4 is 18.7 Å². The Morgan fingerprint density at radius 1 is 0.607 bits per heavy atom. The molecule has 11 rings (SSSR count). The van der Waals surface area contributed by atoms with Crippen LogP contribution in [-0.4, -0.2) is 27.9 Å². The van der Waals surface area contributed by atoms with Gasteiger partial charge in [-0.05, 0) is 116 Å². The van der Waals surface area contributed by atoms with Crippen LogP contribution in [0.4, 0.5) is 0 Å². The molecular formula is C50H41BN2O3. The van der Waals surface area contributed by atoms with Crippen LogP contribution in [0.1, 0.15) is 67.8 Å². The van der Waals surface area contributed by atoms with Crippen molar-refractivity contribution < 1.29 is 14.0 Å². The number of allylic oxidation sites excluding steroid dienone is 1. The first-order valence-corrected chi connectivity index (χ1v) is 19.7. The van der Waals surface area contributed by atoms with Gasteiger partial charge in [-0.3, -0.25) is 4.57 Å². The Labute approximate surface area is 328 Å². The lowest BCUT2D eigenvalue weighted by Gasteiger charge is -2.39. The van der Waals surface area contributed by atoms with Crippen molar-refractivity contribution in [3.63, 3.8) is 0 Å². The van der Waals surface area contributed by atoms with Gasteiger partial charge in [-0.15, -0.1) is 0 Å². The normalized spacial score (nSPS) is 17.5. The fourth-order valence-corrected chi connectivity index (χ4v) is 9.42. The summed E-state index contributed by atoms with van der Waals surface area (Å²) in [5.41, 5.74) is 13.3. The molecule has 272 valence electrons. The van der Waals surface area contributed by atoms with Crippen molar-refractivity contribution in [1.82, 2.24) is 9.55 Å². The summed E-state index contributed by atoms with van der Waals surface area (Å²) in [6.07, 6.45) is 6.44. The van der Waals surface area contributed by atoms with E-state index in [0.717, 1.165) is 80.4 Å². The average Bonchev–Trinajstić information content (AvgIpc) is 3.83. The molecule has 0 N–H and O–H groups in total. The molecule has 5 nitrogen and oxygen atoms in total. The third-order valence-corrected chi connectivity index (χ3v) is 12.8. The van der Waals surface area contributed by atoms with Crippen LogP contribution in [0.3, 0.4) is 0 Å². The van der Waals surface area contributed by atoms with Crippen LogP contribution in [0.2, 0.25) is 0 Å². The van der Waals surface area contributed by atoms with Gasteiger partial charge in [-0.2, -0.15) is 0 Å².